The maximum atomic E-state index is 13.1. The molecule has 5 rings (SSSR count). The van der Waals surface area contributed by atoms with Crippen LogP contribution in [0.25, 0.3) is 10.9 Å². The highest BCUT2D eigenvalue weighted by molar-refractivity contribution is 7.90. The van der Waals surface area contributed by atoms with Crippen molar-refractivity contribution in [1.82, 2.24) is 14.8 Å². The Hall–Kier alpha value is -2.77. The van der Waals surface area contributed by atoms with Gasteiger partial charge in [0.2, 0.25) is 0 Å². The third-order valence-corrected chi connectivity index (χ3v) is 8.07. The lowest BCUT2D eigenvalue weighted by molar-refractivity contribution is 0.0632. The van der Waals surface area contributed by atoms with E-state index in [4.69, 9.17) is 0 Å². The molecule has 2 fully saturated rings. The standard InChI is InChI=1S/C25H27N3O3S.CH4/c29-25(28-15-13-27(14-16-28)17-19-6-7-19)22-10-8-20(9-11-22)18-32(30,31)23-5-1-3-21-4-2-12-26-24(21)23;/h1-5,8-12,19H,6-7,13-18H2;1H4. The molecule has 0 atom stereocenters. The summed E-state index contributed by atoms with van der Waals surface area (Å²) in [6.45, 7) is 4.51. The predicted octanol–water partition coefficient (Wildman–Crippen LogP) is 4.01. The number of carbonyl (C=O) groups is 1. The normalized spacial score (nSPS) is 17.0. The average molecular weight is 466 g/mol. The first-order valence-corrected chi connectivity index (χ1v) is 12.8. The summed E-state index contributed by atoms with van der Waals surface area (Å²) in [5, 5.41) is 0.798. The number of amides is 1. The average Bonchev–Trinajstić information content (AvgIpc) is 3.63. The summed E-state index contributed by atoms with van der Waals surface area (Å²) >= 11 is 0. The van der Waals surface area contributed by atoms with E-state index in [2.05, 4.69) is 9.88 Å². The lowest BCUT2D eigenvalue weighted by Gasteiger charge is -2.34. The molecule has 1 amide bonds. The molecule has 1 aromatic heterocycles. The van der Waals surface area contributed by atoms with Crippen molar-refractivity contribution in [2.75, 3.05) is 32.7 Å². The Balaban J connectivity index is 0.00000259. The van der Waals surface area contributed by atoms with E-state index in [0.29, 0.717) is 16.6 Å². The third-order valence-electron chi connectivity index (χ3n) is 6.36. The molecule has 7 heteroatoms. The molecule has 1 saturated carbocycles. The molecule has 1 aliphatic heterocycles. The van der Waals surface area contributed by atoms with Crippen LogP contribution in [0.4, 0.5) is 0 Å². The summed E-state index contributed by atoms with van der Waals surface area (Å²) in [6.07, 6.45) is 4.30. The summed E-state index contributed by atoms with van der Waals surface area (Å²) in [5.41, 5.74) is 1.75. The number of hydrogen-bond donors (Lipinski definition) is 0. The van der Waals surface area contributed by atoms with Crippen LogP contribution in [0.3, 0.4) is 0 Å². The minimum atomic E-state index is -3.57. The molecule has 6 nitrogen and oxygen atoms in total. The van der Waals surface area contributed by atoms with Crippen molar-refractivity contribution in [2.24, 2.45) is 5.92 Å². The Bertz CT molecular complexity index is 1220. The van der Waals surface area contributed by atoms with Gasteiger partial charge >= 0.3 is 0 Å². The lowest BCUT2D eigenvalue weighted by Crippen LogP contribution is -2.49. The highest BCUT2D eigenvalue weighted by Crippen LogP contribution is 2.30. The van der Waals surface area contributed by atoms with Crippen LogP contribution >= 0.6 is 0 Å². The Morgan fingerprint density at radius 2 is 1.64 bits per heavy atom. The van der Waals surface area contributed by atoms with Gasteiger partial charge < -0.3 is 4.90 Å². The molecule has 1 saturated heterocycles. The summed E-state index contributed by atoms with van der Waals surface area (Å²) in [6, 6.07) is 15.8. The second kappa shape index (κ2) is 9.61. The highest BCUT2D eigenvalue weighted by Gasteiger charge is 2.28. The van der Waals surface area contributed by atoms with Gasteiger partial charge in [-0.2, -0.15) is 0 Å². The van der Waals surface area contributed by atoms with Gasteiger partial charge in [-0.3, -0.25) is 14.7 Å². The summed E-state index contributed by atoms with van der Waals surface area (Å²) < 4.78 is 26.1. The van der Waals surface area contributed by atoms with Crippen LogP contribution in [0.1, 0.15) is 36.2 Å². The van der Waals surface area contributed by atoms with Crippen molar-refractivity contribution >= 4 is 26.6 Å². The molecule has 2 aliphatic rings. The number of nitrogens with zero attached hydrogens (tertiary/aromatic N) is 3. The molecule has 1 aliphatic carbocycles. The zero-order chi connectivity index (χ0) is 22.1. The van der Waals surface area contributed by atoms with Crippen LogP contribution < -0.4 is 0 Å². The molecule has 174 valence electrons. The number of sulfone groups is 1. The molecule has 0 unspecified atom stereocenters. The van der Waals surface area contributed by atoms with Gasteiger partial charge in [0.15, 0.2) is 9.84 Å². The van der Waals surface area contributed by atoms with E-state index in [1.165, 1.54) is 12.8 Å². The van der Waals surface area contributed by atoms with Gasteiger partial charge in [0.1, 0.15) is 0 Å². The van der Waals surface area contributed by atoms with Gasteiger partial charge in [-0.1, -0.05) is 37.8 Å². The molecule has 0 N–H and O–H groups in total. The molecular formula is C26H31N3O3S. The number of para-hydroxylation sites is 1. The van der Waals surface area contributed by atoms with Gasteiger partial charge in [-0.25, -0.2) is 8.42 Å². The number of benzene rings is 2. The van der Waals surface area contributed by atoms with E-state index in [1.54, 1.807) is 48.7 Å². The molecular weight excluding hydrogens is 434 g/mol. The summed E-state index contributed by atoms with van der Waals surface area (Å²) in [4.78, 5) is 21.7. The van der Waals surface area contributed by atoms with Crippen LogP contribution in [-0.2, 0) is 15.6 Å². The zero-order valence-electron chi connectivity index (χ0n) is 18.0. The smallest absolute Gasteiger partial charge is 0.253 e. The van der Waals surface area contributed by atoms with Crippen molar-refractivity contribution in [3.05, 3.63) is 71.9 Å². The number of carbonyl (C=O) groups excluding carboxylic acids is 1. The van der Waals surface area contributed by atoms with Gasteiger partial charge in [0.05, 0.1) is 16.2 Å². The van der Waals surface area contributed by atoms with Gasteiger partial charge in [0.25, 0.3) is 5.91 Å². The first-order valence-electron chi connectivity index (χ1n) is 11.2. The quantitative estimate of drug-likeness (QED) is 0.550. The number of rotatable bonds is 6. The second-order valence-corrected chi connectivity index (χ2v) is 10.8. The SMILES string of the molecule is C.O=C(c1ccc(CS(=O)(=O)c2cccc3cccnc23)cc1)N1CCN(CC2CC2)CC1. The van der Waals surface area contributed by atoms with E-state index >= 15 is 0 Å². The Labute approximate surface area is 196 Å². The minimum Gasteiger partial charge on any atom is -0.336 e. The zero-order valence-corrected chi connectivity index (χ0v) is 18.8. The van der Waals surface area contributed by atoms with Gasteiger partial charge in [-0.15, -0.1) is 0 Å². The largest absolute Gasteiger partial charge is 0.336 e. The summed E-state index contributed by atoms with van der Waals surface area (Å²) in [5.74, 6) is 0.756. The second-order valence-electron chi connectivity index (χ2n) is 8.82. The third kappa shape index (κ3) is 5.25. The van der Waals surface area contributed by atoms with E-state index in [0.717, 1.165) is 44.0 Å². The molecule has 2 aromatic carbocycles. The maximum Gasteiger partial charge on any atom is 0.253 e. The monoisotopic (exact) mass is 465 g/mol. The first-order chi connectivity index (χ1) is 15.5. The molecule has 0 spiro atoms. The van der Waals surface area contributed by atoms with E-state index in [1.807, 2.05) is 17.0 Å². The number of aromatic nitrogens is 1. The van der Waals surface area contributed by atoms with Crippen molar-refractivity contribution in [1.29, 1.82) is 0 Å². The van der Waals surface area contributed by atoms with E-state index in [-0.39, 0.29) is 24.0 Å². The molecule has 2 heterocycles. The van der Waals surface area contributed by atoms with Crippen molar-refractivity contribution in [2.45, 2.75) is 30.9 Å². The van der Waals surface area contributed by atoms with Crippen LogP contribution in [0.15, 0.2) is 65.7 Å². The van der Waals surface area contributed by atoms with Crippen LogP contribution in [0, 0.1) is 5.92 Å². The summed E-state index contributed by atoms with van der Waals surface area (Å²) in [7, 11) is -3.57. The predicted molar refractivity (Wildman–Crippen MR) is 131 cm³/mol. The van der Waals surface area contributed by atoms with Crippen molar-refractivity contribution in [3.8, 4) is 0 Å². The number of hydrogen-bond acceptors (Lipinski definition) is 5. The molecule has 0 bridgehead atoms. The maximum absolute atomic E-state index is 13.1. The van der Waals surface area contributed by atoms with E-state index in [9.17, 15) is 13.2 Å². The van der Waals surface area contributed by atoms with Crippen LogP contribution in [-0.4, -0.2) is 61.8 Å². The lowest BCUT2D eigenvalue weighted by atomic mass is 10.1. The van der Waals surface area contributed by atoms with Gasteiger partial charge in [-0.05, 0) is 48.6 Å². The first kappa shape index (κ1) is 23.4. The van der Waals surface area contributed by atoms with Crippen LogP contribution in [0.2, 0.25) is 0 Å². The fourth-order valence-electron chi connectivity index (χ4n) is 4.35. The fourth-order valence-corrected chi connectivity index (χ4v) is 5.89. The Morgan fingerprint density at radius 3 is 2.33 bits per heavy atom. The topological polar surface area (TPSA) is 70.6 Å². The molecule has 0 radical (unpaired) electrons. The Morgan fingerprint density at radius 1 is 0.939 bits per heavy atom. The fraction of sp³-hybridized carbons (Fsp3) is 0.385. The molecule has 33 heavy (non-hydrogen) atoms. The van der Waals surface area contributed by atoms with Crippen molar-refractivity contribution < 1.29 is 13.2 Å². The van der Waals surface area contributed by atoms with E-state index < -0.39 is 9.84 Å². The molecule has 3 aromatic rings. The number of piperazine rings is 1. The minimum absolute atomic E-state index is 0. The Kier molecular flexibility index (Phi) is 6.81. The highest BCUT2D eigenvalue weighted by atomic mass is 32.2. The van der Waals surface area contributed by atoms with Gasteiger partial charge in [0, 0.05) is 49.9 Å². The number of pyridine rings is 1. The van der Waals surface area contributed by atoms with Crippen LogP contribution in [0.5, 0.6) is 0 Å². The van der Waals surface area contributed by atoms with Crippen molar-refractivity contribution in [3.63, 3.8) is 0 Å². The number of fused-ring (bicyclic) bond motifs is 1.